The Hall–Kier alpha value is -2.37. The van der Waals surface area contributed by atoms with Crippen molar-refractivity contribution in [3.63, 3.8) is 0 Å². The summed E-state index contributed by atoms with van der Waals surface area (Å²) in [5.74, 6) is -5.11. The molecule has 1 aromatic carbocycles. The second-order valence-corrected chi connectivity index (χ2v) is 4.20. The van der Waals surface area contributed by atoms with E-state index in [0.717, 1.165) is 0 Å². The first kappa shape index (κ1) is 14.0. The predicted octanol–water partition coefficient (Wildman–Crippen LogP) is 2.99. The van der Waals surface area contributed by atoms with Crippen LogP contribution >= 0.6 is 0 Å². The number of aromatic nitrogens is 1. The van der Waals surface area contributed by atoms with Crippen molar-refractivity contribution in [1.29, 1.82) is 0 Å². The number of pyridine rings is 1. The van der Waals surface area contributed by atoms with Gasteiger partial charge in [0.25, 0.3) is 5.91 Å². The van der Waals surface area contributed by atoms with Crippen LogP contribution in [0.5, 0.6) is 0 Å². The number of amides is 1. The highest BCUT2D eigenvalue weighted by Gasteiger charge is 2.17. The van der Waals surface area contributed by atoms with E-state index in [4.69, 9.17) is 0 Å². The molecule has 1 heterocycles. The van der Waals surface area contributed by atoms with Gasteiger partial charge in [-0.1, -0.05) is 6.07 Å². The molecule has 0 aliphatic heterocycles. The zero-order valence-electron chi connectivity index (χ0n) is 10.5. The van der Waals surface area contributed by atoms with Gasteiger partial charge >= 0.3 is 0 Å². The van der Waals surface area contributed by atoms with Gasteiger partial charge in [0.2, 0.25) is 0 Å². The van der Waals surface area contributed by atoms with E-state index in [9.17, 15) is 18.0 Å². The maximum absolute atomic E-state index is 13.1. The SMILES string of the molecule is CC(NC(=O)c1cc(F)c(F)c(F)c1)c1ccccn1. The van der Waals surface area contributed by atoms with Crippen molar-refractivity contribution in [1.82, 2.24) is 10.3 Å². The van der Waals surface area contributed by atoms with E-state index >= 15 is 0 Å². The molecule has 1 amide bonds. The van der Waals surface area contributed by atoms with Crippen LogP contribution < -0.4 is 5.32 Å². The monoisotopic (exact) mass is 280 g/mol. The van der Waals surface area contributed by atoms with Crippen LogP contribution in [0.4, 0.5) is 13.2 Å². The third-order valence-electron chi connectivity index (χ3n) is 2.73. The topological polar surface area (TPSA) is 42.0 Å². The second-order valence-electron chi connectivity index (χ2n) is 4.20. The van der Waals surface area contributed by atoms with Crippen LogP contribution in [0, 0.1) is 17.5 Å². The Kier molecular flexibility index (Phi) is 4.02. The van der Waals surface area contributed by atoms with Crippen LogP contribution in [0.25, 0.3) is 0 Å². The quantitative estimate of drug-likeness (QED) is 0.878. The average Bonchev–Trinajstić information content (AvgIpc) is 2.45. The van der Waals surface area contributed by atoms with Gasteiger partial charge in [-0.15, -0.1) is 0 Å². The van der Waals surface area contributed by atoms with Crippen LogP contribution in [-0.2, 0) is 0 Å². The third-order valence-corrected chi connectivity index (χ3v) is 2.73. The third kappa shape index (κ3) is 2.96. The van der Waals surface area contributed by atoms with Crippen molar-refractivity contribution >= 4 is 5.91 Å². The molecule has 2 aromatic rings. The molecule has 2 rings (SSSR count). The van der Waals surface area contributed by atoms with Gasteiger partial charge in [-0.05, 0) is 31.2 Å². The lowest BCUT2D eigenvalue weighted by molar-refractivity contribution is 0.0938. The van der Waals surface area contributed by atoms with Gasteiger partial charge in [0, 0.05) is 11.8 Å². The number of benzene rings is 1. The Balaban J connectivity index is 2.17. The molecule has 0 saturated heterocycles. The Morgan fingerprint density at radius 1 is 1.20 bits per heavy atom. The molecule has 104 valence electrons. The van der Waals surface area contributed by atoms with Gasteiger partial charge in [-0.25, -0.2) is 13.2 Å². The molecule has 0 saturated carbocycles. The Labute approximate surface area is 113 Å². The van der Waals surface area contributed by atoms with Gasteiger partial charge < -0.3 is 5.32 Å². The summed E-state index contributed by atoms with van der Waals surface area (Å²) in [6, 6.07) is 6.04. The fourth-order valence-corrected chi connectivity index (χ4v) is 1.67. The number of halogens is 3. The van der Waals surface area contributed by atoms with Crippen molar-refractivity contribution in [3.8, 4) is 0 Å². The minimum absolute atomic E-state index is 0.288. The smallest absolute Gasteiger partial charge is 0.252 e. The molecule has 0 bridgehead atoms. The second kappa shape index (κ2) is 5.73. The van der Waals surface area contributed by atoms with Crippen LogP contribution in [0.15, 0.2) is 36.5 Å². The van der Waals surface area contributed by atoms with E-state index in [1.165, 1.54) is 0 Å². The standard InChI is InChI=1S/C14H11F3N2O/c1-8(12-4-2-3-5-18-12)19-14(20)9-6-10(15)13(17)11(16)7-9/h2-8H,1H3,(H,19,20). The maximum atomic E-state index is 13.1. The van der Waals surface area contributed by atoms with E-state index < -0.39 is 29.4 Å². The highest BCUT2D eigenvalue weighted by Crippen LogP contribution is 2.15. The summed E-state index contributed by atoms with van der Waals surface area (Å²) < 4.78 is 38.9. The Bertz CT molecular complexity index is 609. The molecule has 0 radical (unpaired) electrons. The van der Waals surface area contributed by atoms with Gasteiger partial charge in [0.05, 0.1) is 11.7 Å². The molecular formula is C14H11F3N2O. The fraction of sp³-hybridized carbons (Fsp3) is 0.143. The number of hydrogen-bond donors (Lipinski definition) is 1. The van der Waals surface area contributed by atoms with E-state index in [1.807, 2.05) is 0 Å². The van der Waals surface area contributed by atoms with Gasteiger partial charge in [0.1, 0.15) is 0 Å². The molecule has 1 N–H and O–H groups in total. The number of nitrogens with one attached hydrogen (secondary N) is 1. The van der Waals surface area contributed by atoms with Crippen LogP contribution in [0.1, 0.15) is 29.0 Å². The van der Waals surface area contributed by atoms with Gasteiger partial charge in [-0.3, -0.25) is 9.78 Å². The fourth-order valence-electron chi connectivity index (χ4n) is 1.67. The highest BCUT2D eigenvalue weighted by atomic mass is 19.2. The lowest BCUT2D eigenvalue weighted by atomic mass is 10.1. The lowest BCUT2D eigenvalue weighted by Crippen LogP contribution is -2.27. The van der Waals surface area contributed by atoms with Crippen molar-refractivity contribution in [3.05, 3.63) is 65.2 Å². The lowest BCUT2D eigenvalue weighted by Gasteiger charge is -2.13. The largest absolute Gasteiger partial charge is 0.344 e. The molecule has 0 fully saturated rings. The summed E-state index contributed by atoms with van der Waals surface area (Å²) in [4.78, 5) is 15.9. The molecule has 1 aromatic heterocycles. The molecule has 1 unspecified atom stereocenters. The first-order valence-corrected chi connectivity index (χ1v) is 5.85. The molecule has 3 nitrogen and oxygen atoms in total. The number of nitrogens with zero attached hydrogens (tertiary/aromatic N) is 1. The summed E-state index contributed by atoms with van der Waals surface area (Å²) in [6.07, 6.45) is 1.56. The molecular weight excluding hydrogens is 269 g/mol. The average molecular weight is 280 g/mol. The van der Waals surface area contributed by atoms with Crippen molar-refractivity contribution in [2.45, 2.75) is 13.0 Å². The van der Waals surface area contributed by atoms with Gasteiger partial charge in [0.15, 0.2) is 17.5 Å². The Morgan fingerprint density at radius 2 is 1.85 bits per heavy atom. The molecule has 0 spiro atoms. The van der Waals surface area contributed by atoms with Crippen LogP contribution in [0.2, 0.25) is 0 Å². The number of carbonyl (C=O) groups excluding carboxylic acids is 1. The first-order valence-electron chi connectivity index (χ1n) is 5.85. The minimum atomic E-state index is -1.60. The van der Waals surface area contributed by atoms with E-state index in [-0.39, 0.29) is 5.56 Å². The Morgan fingerprint density at radius 3 is 2.40 bits per heavy atom. The molecule has 0 aliphatic rings. The van der Waals surface area contributed by atoms with Crippen molar-refractivity contribution < 1.29 is 18.0 Å². The molecule has 6 heteroatoms. The summed E-state index contributed by atoms with van der Waals surface area (Å²) in [5, 5.41) is 2.53. The number of carbonyl (C=O) groups is 1. The summed E-state index contributed by atoms with van der Waals surface area (Å²) in [5.41, 5.74) is 0.313. The zero-order valence-corrected chi connectivity index (χ0v) is 10.5. The molecule has 0 aliphatic carbocycles. The normalized spacial score (nSPS) is 12.0. The molecule has 20 heavy (non-hydrogen) atoms. The number of rotatable bonds is 3. The number of hydrogen-bond acceptors (Lipinski definition) is 2. The zero-order chi connectivity index (χ0) is 14.7. The summed E-state index contributed by atoms with van der Waals surface area (Å²) in [6.45, 7) is 1.68. The van der Waals surface area contributed by atoms with Crippen LogP contribution in [0.3, 0.4) is 0 Å². The van der Waals surface area contributed by atoms with E-state index in [2.05, 4.69) is 10.3 Å². The summed E-state index contributed by atoms with van der Waals surface area (Å²) in [7, 11) is 0. The summed E-state index contributed by atoms with van der Waals surface area (Å²) >= 11 is 0. The first-order chi connectivity index (χ1) is 9.49. The minimum Gasteiger partial charge on any atom is -0.344 e. The molecule has 1 atom stereocenters. The van der Waals surface area contributed by atoms with Crippen LogP contribution in [-0.4, -0.2) is 10.9 Å². The maximum Gasteiger partial charge on any atom is 0.252 e. The highest BCUT2D eigenvalue weighted by molar-refractivity contribution is 5.94. The van der Waals surface area contributed by atoms with Gasteiger partial charge in [-0.2, -0.15) is 0 Å². The van der Waals surface area contributed by atoms with E-state index in [0.29, 0.717) is 17.8 Å². The van der Waals surface area contributed by atoms with Crippen molar-refractivity contribution in [2.75, 3.05) is 0 Å². The van der Waals surface area contributed by atoms with Crippen molar-refractivity contribution in [2.24, 2.45) is 0 Å². The predicted molar refractivity (Wildman–Crippen MR) is 66.4 cm³/mol. The van der Waals surface area contributed by atoms with E-state index in [1.54, 1.807) is 31.3 Å².